The van der Waals surface area contributed by atoms with Crippen molar-refractivity contribution in [3.8, 4) is 0 Å². The number of hydrogen-bond donors (Lipinski definition) is 1. The van der Waals surface area contributed by atoms with Gasteiger partial charge in [0.15, 0.2) is 0 Å². The van der Waals surface area contributed by atoms with E-state index in [1.165, 1.54) is 23.1 Å². The number of aliphatic hydroxyl groups is 1. The van der Waals surface area contributed by atoms with Crippen LogP contribution >= 0.6 is 11.6 Å². The maximum absolute atomic E-state index is 12.4. The van der Waals surface area contributed by atoms with Gasteiger partial charge in [-0.3, -0.25) is 14.9 Å². The van der Waals surface area contributed by atoms with Crippen molar-refractivity contribution in [1.82, 2.24) is 4.90 Å². The van der Waals surface area contributed by atoms with Gasteiger partial charge in [-0.15, -0.1) is 0 Å². The van der Waals surface area contributed by atoms with E-state index in [4.69, 9.17) is 11.6 Å². The van der Waals surface area contributed by atoms with Crippen LogP contribution in [0.4, 0.5) is 5.69 Å². The molecule has 7 heteroatoms. The van der Waals surface area contributed by atoms with Crippen molar-refractivity contribution in [2.75, 3.05) is 13.1 Å². The van der Waals surface area contributed by atoms with Gasteiger partial charge in [0.05, 0.1) is 21.6 Å². The van der Waals surface area contributed by atoms with E-state index >= 15 is 0 Å². The molecule has 0 aliphatic carbocycles. The quantitative estimate of drug-likeness (QED) is 0.669. The van der Waals surface area contributed by atoms with E-state index in [2.05, 4.69) is 0 Å². The number of rotatable bonds is 2. The summed E-state index contributed by atoms with van der Waals surface area (Å²) < 4.78 is 0. The van der Waals surface area contributed by atoms with Gasteiger partial charge in [0, 0.05) is 25.2 Å². The normalized spacial score (nSPS) is 22.6. The Morgan fingerprint density at radius 1 is 1.55 bits per heavy atom. The molecule has 1 N–H and O–H groups in total. The van der Waals surface area contributed by atoms with Crippen molar-refractivity contribution in [2.45, 2.75) is 19.4 Å². The molecule has 0 radical (unpaired) electrons. The number of non-ortho nitro benzene ring substituents is 1. The van der Waals surface area contributed by atoms with Gasteiger partial charge in [0.2, 0.25) is 0 Å². The van der Waals surface area contributed by atoms with Crippen molar-refractivity contribution in [3.63, 3.8) is 0 Å². The van der Waals surface area contributed by atoms with Crippen LogP contribution in [0.25, 0.3) is 0 Å². The third-order valence-corrected chi connectivity index (χ3v) is 3.93. The minimum absolute atomic E-state index is 0.0996. The van der Waals surface area contributed by atoms with Crippen LogP contribution in [0.15, 0.2) is 18.2 Å². The van der Waals surface area contributed by atoms with Crippen molar-refractivity contribution >= 4 is 23.2 Å². The summed E-state index contributed by atoms with van der Waals surface area (Å²) in [5.41, 5.74) is -0.0775. The zero-order valence-corrected chi connectivity index (χ0v) is 11.7. The maximum Gasteiger partial charge on any atom is 0.270 e. The highest BCUT2D eigenvalue weighted by molar-refractivity contribution is 6.33. The number of nitro benzene ring substituents is 1. The van der Waals surface area contributed by atoms with Crippen LogP contribution in [0.3, 0.4) is 0 Å². The van der Waals surface area contributed by atoms with E-state index in [1.54, 1.807) is 0 Å². The zero-order valence-electron chi connectivity index (χ0n) is 11.0. The lowest BCUT2D eigenvalue weighted by atomic mass is 9.95. The third-order valence-electron chi connectivity index (χ3n) is 3.60. The second-order valence-electron chi connectivity index (χ2n) is 5.01. The molecule has 1 aliphatic heterocycles. The first-order valence-corrected chi connectivity index (χ1v) is 6.69. The minimum atomic E-state index is -0.579. The Kier molecular flexibility index (Phi) is 4.25. The summed E-state index contributed by atoms with van der Waals surface area (Å²) in [6, 6.07) is 3.78. The van der Waals surface area contributed by atoms with Gasteiger partial charge >= 0.3 is 0 Å². The van der Waals surface area contributed by atoms with Crippen LogP contribution in [-0.2, 0) is 0 Å². The fourth-order valence-electron chi connectivity index (χ4n) is 2.19. The number of halogens is 1. The molecule has 0 bridgehead atoms. The molecule has 0 spiro atoms. The molecule has 20 heavy (non-hydrogen) atoms. The van der Waals surface area contributed by atoms with Crippen LogP contribution < -0.4 is 0 Å². The molecule has 1 heterocycles. The molecule has 2 atom stereocenters. The summed E-state index contributed by atoms with van der Waals surface area (Å²) in [5, 5.41) is 20.8. The predicted octanol–water partition coefficient (Wildman–Crippen LogP) is 2.09. The summed E-state index contributed by atoms with van der Waals surface area (Å²) in [7, 11) is 0. The monoisotopic (exact) mass is 298 g/mol. The average molecular weight is 299 g/mol. The molecule has 1 aromatic carbocycles. The lowest BCUT2D eigenvalue weighted by Crippen LogP contribution is -2.45. The second-order valence-corrected chi connectivity index (χ2v) is 5.41. The van der Waals surface area contributed by atoms with Crippen molar-refractivity contribution in [1.29, 1.82) is 0 Å². The SMILES string of the molecule is CC1CCN(C(=O)c2cc([N+](=O)[O-])ccc2Cl)CC1O. The van der Waals surface area contributed by atoms with E-state index < -0.39 is 11.0 Å². The zero-order chi connectivity index (χ0) is 14.9. The summed E-state index contributed by atoms with van der Waals surface area (Å²) >= 11 is 5.95. The summed E-state index contributed by atoms with van der Waals surface area (Å²) in [6.07, 6.45) is 0.115. The van der Waals surface area contributed by atoms with E-state index in [0.29, 0.717) is 13.0 Å². The fraction of sp³-hybridized carbons (Fsp3) is 0.462. The highest BCUT2D eigenvalue weighted by Gasteiger charge is 2.29. The number of aliphatic hydroxyl groups excluding tert-OH is 1. The molecule has 0 saturated carbocycles. The Morgan fingerprint density at radius 3 is 2.85 bits per heavy atom. The molecular weight excluding hydrogens is 284 g/mol. The Balaban J connectivity index is 2.25. The first-order valence-electron chi connectivity index (χ1n) is 6.31. The Hall–Kier alpha value is -1.66. The second kappa shape index (κ2) is 5.76. The third kappa shape index (κ3) is 2.91. The number of benzene rings is 1. The van der Waals surface area contributed by atoms with Crippen LogP contribution in [-0.4, -0.2) is 40.0 Å². The molecule has 6 nitrogen and oxygen atoms in total. The van der Waals surface area contributed by atoms with Gasteiger partial charge < -0.3 is 10.0 Å². The van der Waals surface area contributed by atoms with Crippen LogP contribution in [0.1, 0.15) is 23.7 Å². The molecular formula is C13H15ClN2O4. The predicted molar refractivity (Wildman–Crippen MR) is 73.8 cm³/mol. The lowest BCUT2D eigenvalue weighted by molar-refractivity contribution is -0.384. The highest BCUT2D eigenvalue weighted by atomic mass is 35.5. The number of nitrogens with zero attached hydrogens (tertiary/aromatic N) is 2. The molecule has 2 unspecified atom stereocenters. The Bertz CT molecular complexity index is 549. The molecule has 1 saturated heterocycles. The topological polar surface area (TPSA) is 83.7 Å². The Morgan fingerprint density at radius 2 is 2.25 bits per heavy atom. The van der Waals surface area contributed by atoms with Gasteiger partial charge in [-0.2, -0.15) is 0 Å². The fourth-order valence-corrected chi connectivity index (χ4v) is 2.39. The van der Waals surface area contributed by atoms with E-state index in [0.717, 1.165) is 0 Å². The summed E-state index contributed by atoms with van der Waals surface area (Å²) in [6.45, 7) is 2.65. The number of likely N-dealkylation sites (tertiary alicyclic amines) is 1. The lowest BCUT2D eigenvalue weighted by Gasteiger charge is -2.34. The van der Waals surface area contributed by atoms with Crippen molar-refractivity contribution in [3.05, 3.63) is 38.9 Å². The first-order chi connectivity index (χ1) is 9.40. The number of nitro groups is 1. The molecule has 0 aromatic heterocycles. The molecule has 108 valence electrons. The molecule has 1 aliphatic rings. The maximum atomic E-state index is 12.4. The van der Waals surface area contributed by atoms with Crippen LogP contribution in [0, 0.1) is 16.0 Å². The number of carbonyl (C=O) groups is 1. The minimum Gasteiger partial charge on any atom is -0.391 e. The van der Waals surface area contributed by atoms with E-state index in [-0.39, 0.29) is 34.6 Å². The number of carbonyl (C=O) groups excluding carboxylic acids is 1. The number of β-amino-alcohol motifs (C(OH)–C–C–N with tert-alkyl or cyclic N) is 1. The average Bonchev–Trinajstić information content (AvgIpc) is 2.41. The number of piperidine rings is 1. The Labute approximate surface area is 121 Å². The highest BCUT2D eigenvalue weighted by Crippen LogP contribution is 2.25. The van der Waals surface area contributed by atoms with Crippen molar-refractivity contribution in [2.24, 2.45) is 5.92 Å². The van der Waals surface area contributed by atoms with Gasteiger partial charge in [0.1, 0.15) is 0 Å². The molecule has 1 fully saturated rings. The standard InChI is InChI=1S/C13H15ClN2O4/c1-8-4-5-15(7-12(8)17)13(18)10-6-9(16(19)20)2-3-11(10)14/h2-3,6,8,12,17H,4-5,7H2,1H3. The number of hydrogen-bond acceptors (Lipinski definition) is 4. The molecule has 1 amide bonds. The molecule has 1 aromatic rings. The van der Waals surface area contributed by atoms with Gasteiger partial charge in [0.25, 0.3) is 11.6 Å². The van der Waals surface area contributed by atoms with Crippen LogP contribution in [0.2, 0.25) is 5.02 Å². The summed E-state index contributed by atoms with van der Waals surface area (Å²) in [5.74, 6) is -0.246. The van der Waals surface area contributed by atoms with Crippen molar-refractivity contribution < 1.29 is 14.8 Å². The van der Waals surface area contributed by atoms with E-state index in [1.807, 2.05) is 6.92 Å². The first kappa shape index (κ1) is 14.7. The molecule has 2 rings (SSSR count). The largest absolute Gasteiger partial charge is 0.391 e. The van der Waals surface area contributed by atoms with Gasteiger partial charge in [-0.1, -0.05) is 18.5 Å². The number of amides is 1. The van der Waals surface area contributed by atoms with Gasteiger partial charge in [-0.25, -0.2) is 0 Å². The summed E-state index contributed by atoms with van der Waals surface area (Å²) in [4.78, 5) is 24.0. The van der Waals surface area contributed by atoms with Crippen LogP contribution in [0.5, 0.6) is 0 Å². The smallest absolute Gasteiger partial charge is 0.270 e. The van der Waals surface area contributed by atoms with E-state index in [9.17, 15) is 20.0 Å². The van der Waals surface area contributed by atoms with Gasteiger partial charge in [-0.05, 0) is 18.4 Å².